The van der Waals surface area contributed by atoms with E-state index in [-0.39, 0.29) is 29.6 Å². The van der Waals surface area contributed by atoms with Gasteiger partial charge in [-0.2, -0.15) is 11.8 Å². The minimum absolute atomic E-state index is 0.156. The number of hydrogen-bond donors (Lipinski definition) is 0. The van der Waals surface area contributed by atoms with Gasteiger partial charge >= 0.3 is 0 Å². The van der Waals surface area contributed by atoms with Crippen LogP contribution < -0.4 is 0 Å². The van der Waals surface area contributed by atoms with E-state index in [1.165, 1.54) is 16.2 Å². The van der Waals surface area contributed by atoms with Crippen LogP contribution in [0.15, 0.2) is 24.8 Å². The lowest BCUT2D eigenvalue weighted by molar-refractivity contribution is -0.151. The molecule has 3 unspecified atom stereocenters. The minimum atomic E-state index is -0.747. The highest BCUT2D eigenvalue weighted by Gasteiger charge is 2.52. The number of thiophene rings is 1. The zero-order chi connectivity index (χ0) is 21.0. The summed E-state index contributed by atoms with van der Waals surface area (Å²) in [7, 11) is 0. The number of thioether (sulfide) groups is 1. The van der Waals surface area contributed by atoms with Crippen LogP contribution in [-0.4, -0.2) is 52.1 Å². The Balaban J connectivity index is 1.85. The number of amides is 3. The molecule has 1 aromatic heterocycles. The van der Waals surface area contributed by atoms with Crippen LogP contribution in [0.4, 0.5) is 0 Å². The summed E-state index contributed by atoms with van der Waals surface area (Å²) < 4.78 is 0.666. The fourth-order valence-corrected chi connectivity index (χ4v) is 5.87. The molecule has 0 radical (unpaired) electrons. The van der Waals surface area contributed by atoms with Crippen LogP contribution in [0.1, 0.15) is 37.0 Å². The number of carbonyl (C=O) groups excluding carboxylic acids is 3. The maximum atomic E-state index is 13.5. The molecule has 3 amide bonds. The second-order valence-electron chi connectivity index (χ2n) is 7.55. The predicted octanol–water partition coefficient (Wildman–Crippen LogP) is 4.21. The van der Waals surface area contributed by atoms with Gasteiger partial charge in [-0.05, 0) is 43.4 Å². The second-order valence-corrected chi connectivity index (χ2v) is 10.3. The predicted molar refractivity (Wildman–Crippen MR) is 119 cm³/mol. The quantitative estimate of drug-likeness (QED) is 0.414. The van der Waals surface area contributed by atoms with Gasteiger partial charge in [0.1, 0.15) is 6.04 Å². The highest BCUT2D eigenvalue weighted by Crippen LogP contribution is 2.39. The molecular formula is C21H27ClN2O3S2. The first-order valence-corrected chi connectivity index (χ1v) is 12.6. The van der Waals surface area contributed by atoms with Crippen molar-refractivity contribution in [1.29, 1.82) is 0 Å². The smallest absolute Gasteiger partial charge is 0.246 e. The molecular weight excluding hydrogens is 428 g/mol. The van der Waals surface area contributed by atoms with Crippen molar-refractivity contribution in [3.05, 3.63) is 34.0 Å². The molecule has 29 heavy (non-hydrogen) atoms. The first-order valence-electron chi connectivity index (χ1n) is 9.97. The number of carbonyl (C=O) groups is 3. The number of fused-ring (bicyclic) bond motifs is 1. The standard InChI is InChI=1S/C21H27ClN2O3S2/c1-3-11-23(13-14-8-9-18(22)29-14)21(27)17(10-12-28-2)24-19(25)15-6-4-5-7-16(15)20(24)26/h3,8-9,15-17H,1,4-7,10-13H2,2H3. The van der Waals surface area contributed by atoms with Gasteiger partial charge in [-0.1, -0.05) is 30.5 Å². The van der Waals surface area contributed by atoms with E-state index in [9.17, 15) is 14.4 Å². The van der Waals surface area contributed by atoms with Crippen molar-refractivity contribution in [3.8, 4) is 0 Å². The number of halogens is 1. The van der Waals surface area contributed by atoms with Crippen LogP contribution in [-0.2, 0) is 20.9 Å². The maximum Gasteiger partial charge on any atom is 0.246 e. The molecule has 1 aliphatic carbocycles. The Morgan fingerprint density at radius 2 is 2.00 bits per heavy atom. The zero-order valence-corrected chi connectivity index (χ0v) is 19.0. The normalized spacial score (nSPS) is 22.5. The highest BCUT2D eigenvalue weighted by atomic mass is 35.5. The molecule has 158 valence electrons. The summed E-state index contributed by atoms with van der Waals surface area (Å²) in [4.78, 5) is 43.6. The maximum absolute atomic E-state index is 13.5. The molecule has 8 heteroatoms. The molecule has 2 fully saturated rings. The van der Waals surface area contributed by atoms with Crippen molar-refractivity contribution in [3.63, 3.8) is 0 Å². The van der Waals surface area contributed by atoms with Gasteiger partial charge in [0.25, 0.3) is 0 Å². The number of hydrogen-bond acceptors (Lipinski definition) is 5. The molecule has 0 spiro atoms. The van der Waals surface area contributed by atoms with Crippen LogP contribution in [0, 0.1) is 11.8 Å². The number of imide groups is 1. The summed E-state index contributed by atoms with van der Waals surface area (Å²) in [5, 5.41) is 0. The lowest BCUT2D eigenvalue weighted by Crippen LogP contribution is -2.51. The molecule has 1 saturated carbocycles. The molecule has 1 saturated heterocycles. The summed E-state index contributed by atoms with van der Waals surface area (Å²) in [6, 6.07) is 2.96. The number of rotatable bonds is 9. The van der Waals surface area contributed by atoms with E-state index < -0.39 is 6.04 Å². The third-order valence-corrected chi connectivity index (χ3v) is 7.56. The molecule has 3 rings (SSSR count). The summed E-state index contributed by atoms with van der Waals surface area (Å²) >= 11 is 9.07. The Hall–Kier alpha value is -1.31. The van der Waals surface area contributed by atoms with Gasteiger partial charge in [-0.25, -0.2) is 0 Å². The summed E-state index contributed by atoms with van der Waals surface area (Å²) in [5.41, 5.74) is 0. The zero-order valence-electron chi connectivity index (χ0n) is 16.6. The number of nitrogens with zero attached hydrogens (tertiary/aromatic N) is 2. The van der Waals surface area contributed by atoms with Crippen molar-refractivity contribution in [2.24, 2.45) is 11.8 Å². The van der Waals surface area contributed by atoms with Crippen molar-refractivity contribution in [2.45, 2.75) is 44.7 Å². The van der Waals surface area contributed by atoms with E-state index >= 15 is 0 Å². The van der Waals surface area contributed by atoms with Gasteiger partial charge in [-0.15, -0.1) is 17.9 Å². The van der Waals surface area contributed by atoms with E-state index in [0.29, 0.717) is 29.6 Å². The Labute approximate surface area is 185 Å². The fraction of sp³-hybridized carbons (Fsp3) is 0.571. The van der Waals surface area contributed by atoms with E-state index in [0.717, 1.165) is 30.6 Å². The molecule has 0 N–H and O–H groups in total. The van der Waals surface area contributed by atoms with Crippen LogP contribution in [0.25, 0.3) is 0 Å². The van der Waals surface area contributed by atoms with Crippen molar-refractivity contribution in [2.75, 3.05) is 18.6 Å². The molecule has 0 bridgehead atoms. The lowest BCUT2D eigenvalue weighted by atomic mass is 9.81. The topological polar surface area (TPSA) is 57.7 Å². The Morgan fingerprint density at radius 3 is 2.52 bits per heavy atom. The SMILES string of the molecule is C=CCN(Cc1ccc(Cl)s1)C(=O)C(CCSC)N1C(=O)C2CCCCC2C1=O. The Bertz CT molecular complexity index is 758. The molecule has 0 aromatic carbocycles. The van der Waals surface area contributed by atoms with Gasteiger partial charge in [-0.3, -0.25) is 19.3 Å². The van der Waals surface area contributed by atoms with E-state index in [1.807, 2.05) is 18.4 Å². The van der Waals surface area contributed by atoms with Crippen molar-refractivity contribution < 1.29 is 14.4 Å². The summed E-state index contributed by atoms with van der Waals surface area (Å²) in [6.07, 6.45) is 7.54. The van der Waals surface area contributed by atoms with E-state index in [1.54, 1.807) is 22.7 Å². The van der Waals surface area contributed by atoms with Gasteiger partial charge in [0, 0.05) is 11.4 Å². The summed E-state index contributed by atoms with van der Waals surface area (Å²) in [6.45, 7) is 4.51. The van der Waals surface area contributed by atoms with Crippen LogP contribution in [0.2, 0.25) is 4.34 Å². The monoisotopic (exact) mass is 454 g/mol. The van der Waals surface area contributed by atoms with E-state index in [2.05, 4.69) is 6.58 Å². The van der Waals surface area contributed by atoms with Crippen molar-refractivity contribution >= 4 is 52.4 Å². The summed E-state index contributed by atoms with van der Waals surface area (Å²) in [5.74, 6) is -0.289. The first kappa shape index (κ1) is 22.4. The Morgan fingerprint density at radius 1 is 1.34 bits per heavy atom. The molecule has 2 heterocycles. The average molecular weight is 455 g/mol. The fourth-order valence-electron chi connectivity index (χ4n) is 4.31. The first-order chi connectivity index (χ1) is 14.0. The van der Waals surface area contributed by atoms with Gasteiger partial charge in [0.2, 0.25) is 17.7 Å². The largest absolute Gasteiger partial charge is 0.332 e. The molecule has 2 aliphatic rings. The van der Waals surface area contributed by atoms with Gasteiger partial charge < -0.3 is 4.90 Å². The van der Waals surface area contributed by atoms with Crippen LogP contribution >= 0.6 is 34.7 Å². The molecule has 1 aromatic rings. The van der Waals surface area contributed by atoms with Gasteiger partial charge in [0.05, 0.1) is 22.7 Å². The molecule has 1 aliphatic heterocycles. The molecule has 3 atom stereocenters. The third-order valence-electron chi connectivity index (χ3n) is 5.70. The molecule has 5 nitrogen and oxygen atoms in total. The average Bonchev–Trinajstić information content (AvgIpc) is 3.24. The minimum Gasteiger partial charge on any atom is -0.332 e. The highest BCUT2D eigenvalue weighted by molar-refractivity contribution is 7.98. The Kier molecular flexibility index (Phi) is 7.82. The van der Waals surface area contributed by atoms with E-state index in [4.69, 9.17) is 11.6 Å². The van der Waals surface area contributed by atoms with Gasteiger partial charge in [0.15, 0.2) is 0 Å². The van der Waals surface area contributed by atoms with Crippen LogP contribution in [0.5, 0.6) is 0 Å². The van der Waals surface area contributed by atoms with Crippen molar-refractivity contribution in [1.82, 2.24) is 9.80 Å². The second kappa shape index (κ2) is 10.1. The lowest BCUT2D eigenvalue weighted by Gasteiger charge is -2.31. The number of likely N-dealkylation sites (tertiary alicyclic amines) is 1. The van der Waals surface area contributed by atoms with Crippen LogP contribution in [0.3, 0.4) is 0 Å². The third kappa shape index (κ3) is 4.89.